The van der Waals surface area contributed by atoms with Crippen LogP contribution in [0.4, 0.5) is 4.79 Å². The van der Waals surface area contributed by atoms with Gasteiger partial charge >= 0.3 is 255 Å². The maximum atomic E-state index is 13.4. The van der Waals surface area contributed by atoms with Crippen LogP contribution in [-0.4, -0.2) is 55.0 Å². The molecule has 222 valence electrons. The Bertz CT molecular complexity index is 1070. The second-order valence-corrected chi connectivity index (χ2v) is 16.5. The van der Waals surface area contributed by atoms with Crippen LogP contribution in [0.15, 0.2) is 42.2 Å². The van der Waals surface area contributed by atoms with Crippen molar-refractivity contribution in [3.05, 3.63) is 74.3 Å². The van der Waals surface area contributed by atoms with Gasteiger partial charge in [-0.25, -0.2) is 0 Å². The molecule has 0 saturated carbocycles. The Balaban J connectivity index is 0. The SMILES string of the molecule is CO[C@H]1C=C(O[Si](C)(C)C(C)(C)C)C[C@@H](C)[C@@H]1[C](=[Cr])N1C(=O)N(C)[C@@H](C)[C@H]1c1ccccc1.[C-]#[O+].[C-]#[O+].[C-]#[O+].[C-]#[O+]. The fourth-order valence-corrected chi connectivity index (χ4v) is 6.62. The van der Waals surface area contributed by atoms with E-state index < -0.39 is 8.32 Å². The van der Waals surface area contributed by atoms with E-state index in [1.54, 1.807) is 7.11 Å². The van der Waals surface area contributed by atoms with Crippen LogP contribution >= 0.6 is 0 Å². The number of nitrogens with zero attached hydrogens (tertiary/aromatic N) is 2. The Labute approximate surface area is 254 Å². The second kappa shape index (κ2) is 18.9. The summed E-state index contributed by atoms with van der Waals surface area (Å²) in [6.45, 7) is 33.7. The zero-order valence-corrected chi connectivity index (χ0v) is 27.5. The van der Waals surface area contributed by atoms with Crippen molar-refractivity contribution in [1.29, 1.82) is 0 Å². The quantitative estimate of drug-likeness (QED) is 0.234. The number of urea groups is 1. The summed E-state index contributed by atoms with van der Waals surface area (Å²) in [5.74, 6) is 1.35. The fourth-order valence-electron chi connectivity index (χ4n) is 4.64. The molecule has 0 radical (unpaired) electrons. The van der Waals surface area contributed by atoms with Crippen molar-refractivity contribution in [2.24, 2.45) is 11.8 Å². The number of methoxy groups -OCH3 is 1. The molecule has 0 bridgehead atoms. The van der Waals surface area contributed by atoms with E-state index in [4.69, 9.17) is 27.8 Å². The van der Waals surface area contributed by atoms with Crippen molar-refractivity contribution < 1.29 is 48.4 Å². The summed E-state index contributed by atoms with van der Waals surface area (Å²) < 4.78 is 43.6. The van der Waals surface area contributed by atoms with Gasteiger partial charge in [-0.2, -0.15) is 0 Å². The number of likely N-dealkylation sites (N-methyl/N-ethyl adjacent to an activating group) is 1. The van der Waals surface area contributed by atoms with E-state index in [0.29, 0.717) is 0 Å². The first-order chi connectivity index (χ1) is 19.3. The molecule has 3 rings (SSSR count). The van der Waals surface area contributed by atoms with Gasteiger partial charge in [0.2, 0.25) is 0 Å². The molecule has 1 aromatic carbocycles. The number of ether oxygens (including phenoxy) is 1. The van der Waals surface area contributed by atoms with Crippen LogP contribution in [0.5, 0.6) is 0 Å². The molecule has 2 aliphatic rings. The van der Waals surface area contributed by atoms with Gasteiger partial charge in [0, 0.05) is 0 Å². The van der Waals surface area contributed by atoms with Crippen LogP contribution < -0.4 is 0 Å². The summed E-state index contributed by atoms with van der Waals surface area (Å²) in [4.78, 5) is 17.2. The third kappa shape index (κ3) is 9.82. The summed E-state index contributed by atoms with van der Waals surface area (Å²) in [5, 5.41) is 0.137. The average Bonchev–Trinajstić information content (AvgIpc) is 3.20. The molecule has 5 atom stereocenters. The molecule has 1 aromatic rings. The number of hydrogen-bond donors (Lipinski definition) is 0. The van der Waals surface area contributed by atoms with E-state index in [2.05, 4.69) is 108 Å². The molecular weight excluding hydrogens is 580 g/mol. The first kappa shape index (κ1) is 40.7. The minimum absolute atomic E-state index is 0.0273. The van der Waals surface area contributed by atoms with Crippen LogP contribution in [0.25, 0.3) is 0 Å². The second-order valence-electron chi connectivity index (χ2n) is 11.1. The number of allylic oxidation sites excluding steroid dienone is 1. The molecule has 1 heterocycles. The molecule has 0 N–H and O–H groups in total. The summed E-state index contributed by atoms with van der Waals surface area (Å²) in [7, 11) is 1.70. The van der Waals surface area contributed by atoms with Crippen molar-refractivity contribution in [2.45, 2.75) is 77.4 Å². The van der Waals surface area contributed by atoms with Crippen LogP contribution in [0.2, 0.25) is 18.1 Å². The van der Waals surface area contributed by atoms with E-state index in [9.17, 15) is 4.79 Å². The number of amides is 2. The number of carbonyl (C=O) groups excluding carboxylic acids is 1. The Morgan fingerprint density at radius 3 is 1.93 bits per heavy atom. The van der Waals surface area contributed by atoms with Crippen molar-refractivity contribution >= 4 is 18.9 Å². The topological polar surface area (TPSA) is 122 Å². The predicted octanol–water partition coefficient (Wildman–Crippen LogP) is 5.59. The van der Waals surface area contributed by atoms with Gasteiger partial charge in [-0.15, -0.1) is 0 Å². The molecule has 11 heteroatoms. The van der Waals surface area contributed by atoms with Crippen molar-refractivity contribution in [2.75, 3.05) is 14.2 Å². The van der Waals surface area contributed by atoms with Gasteiger partial charge in [-0.3, -0.25) is 0 Å². The summed E-state index contributed by atoms with van der Waals surface area (Å²) in [6, 6.07) is 10.4. The number of carbonyl (C=O) groups is 1. The van der Waals surface area contributed by atoms with Crippen LogP contribution in [0.1, 0.15) is 52.6 Å². The first-order valence-corrected chi connectivity index (χ1v) is 16.2. The van der Waals surface area contributed by atoms with Crippen LogP contribution in [-0.2, 0) is 43.6 Å². The molecule has 1 aliphatic carbocycles. The molecule has 0 spiro atoms. The maximum absolute atomic E-state index is 13.4. The molecular formula is C30H40CrN2O7Si. The Morgan fingerprint density at radius 1 is 1.00 bits per heavy atom. The van der Waals surface area contributed by atoms with E-state index in [-0.39, 0.29) is 41.1 Å². The summed E-state index contributed by atoms with van der Waals surface area (Å²) in [6.07, 6.45) is 2.83. The van der Waals surface area contributed by atoms with Gasteiger partial charge in [0.15, 0.2) is 0 Å². The first-order valence-electron chi connectivity index (χ1n) is 12.7. The molecule has 0 aromatic heterocycles. The number of rotatable bonds is 6. The molecule has 9 nitrogen and oxygen atoms in total. The van der Waals surface area contributed by atoms with Crippen molar-refractivity contribution in [3.63, 3.8) is 0 Å². The van der Waals surface area contributed by atoms with E-state index >= 15 is 0 Å². The Morgan fingerprint density at radius 2 is 1.49 bits per heavy atom. The van der Waals surface area contributed by atoms with Gasteiger partial charge in [-0.1, -0.05) is 0 Å². The molecule has 41 heavy (non-hydrogen) atoms. The summed E-state index contributed by atoms with van der Waals surface area (Å²) in [5.41, 5.74) is 1.14. The molecule has 1 fully saturated rings. The monoisotopic (exact) mass is 620 g/mol. The molecule has 0 unspecified atom stereocenters. The normalized spacial score (nSPS) is 23.3. The van der Waals surface area contributed by atoms with Gasteiger partial charge in [-0.05, 0) is 0 Å². The molecule has 1 saturated heterocycles. The third-order valence-electron chi connectivity index (χ3n) is 7.82. The number of benzene rings is 1. The average molecular weight is 621 g/mol. The van der Waals surface area contributed by atoms with Gasteiger partial charge in [0.1, 0.15) is 0 Å². The predicted molar refractivity (Wildman–Crippen MR) is 149 cm³/mol. The van der Waals surface area contributed by atoms with Crippen molar-refractivity contribution in [3.8, 4) is 0 Å². The van der Waals surface area contributed by atoms with Crippen LogP contribution in [0.3, 0.4) is 0 Å². The van der Waals surface area contributed by atoms with Gasteiger partial charge in [0.05, 0.1) is 0 Å². The third-order valence-corrected chi connectivity index (χ3v) is 12.9. The van der Waals surface area contributed by atoms with Crippen LogP contribution in [0, 0.1) is 38.4 Å². The zero-order valence-electron chi connectivity index (χ0n) is 25.2. The van der Waals surface area contributed by atoms with Gasteiger partial charge < -0.3 is 0 Å². The zero-order chi connectivity index (χ0) is 32.7. The Hall–Kier alpha value is -2.43. The molecule has 1 aliphatic heterocycles. The Kier molecular flexibility index (Phi) is 18.8. The number of hydrogen-bond acceptors (Lipinski definition) is 3. The molecule has 2 amide bonds. The van der Waals surface area contributed by atoms with Gasteiger partial charge in [0.25, 0.3) is 0 Å². The fraction of sp³-hybridized carbons (Fsp3) is 0.533. The summed E-state index contributed by atoms with van der Waals surface area (Å²) >= 11 is 3.30. The van der Waals surface area contributed by atoms with E-state index in [0.717, 1.165) is 22.2 Å². The minimum atomic E-state index is -1.93. The van der Waals surface area contributed by atoms with E-state index in [1.165, 1.54) is 0 Å². The standard InChI is InChI=1S/C26H40N2O3Si.4CO.Cr/c1-18-15-21(31-32(8,9)26(3,4)5)16-23(30-7)22(18)17-28-24(19(2)27(6)25(28)29)20-13-11-10-12-14-20;4*1-2;/h10-14,16,18-19,22-24H,15H2,1-9H3;;;;;/t18-,19+,22+,23+,24+;;;;;/m1...../s1. The van der Waals surface area contributed by atoms with E-state index in [1.807, 2.05) is 35.0 Å². The van der Waals surface area contributed by atoms with Crippen molar-refractivity contribution in [1.82, 2.24) is 9.80 Å².